The molecular formula is C12H11ClN2O2S. The van der Waals surface area contributed by atoms with Crippen LogP contribution in [0.1, 0.15) is 0 Å². The molecule has 4 nitrogen and oxygen atoms in total. The van der Waals surface area contributed by atoms with E-state index in [0.717, 1.165) is 0 Å². The molecule has 0 aliphatic rings. The van der Waals surface area contributed by atoms with Crippen molar-refractivity contribution in [2.24, 2.45) is 0 Å². The van der Waals surface area contributed by atoms with Crippen molar-refractivity contribution < 1.29 is 8.42 Å². The molecule has 0 radical (unpaired) electrons. The number of anilines is 2. The Morgan fingerprint density at radius 1 is 1.00 bits per heavy atom. The van der Waals surface area contributed by atoms with E-state index in [-0.39, 0.29) is 4.90 Å². The first-order valence-electron chi connectivity index (χ1n) is 5.12. The number of hydrogen-bond donors (Lipinski definition) is 2. The lowest BCUT2D eigenvalue weighted by Gasteiger charge is -2.09. The van der Waals surface area contributed by atoms with Crippen molar-refractivity contribution >= 4 is 33.0 Å². The van der Waals surface area contributed by atoms with Gasteiger partial charge in [0, 0.05) is 5.02 Å². The molecule has 94 valence electrons. The number of para-hydroxylation sites is 2. The van der Waals surface area contributed by atoms with Gasteiger partial charge in [0.25, 0.3) is 10.0 Å². The molecular weight excluding hydrogens is 272 g/mol. The minimum absolute atomic E-state index is 0.134. The fourth-order valence-corrected chi connectivity index (χ4v) is 2.62. The van der Waals surface area contributed by atoms with Crippen LogP contribution in [0.25, 0.3) is 0 Å². The molecule has 0 unspecified atom stereocenters. The largest absolute Gasteiger partial charge is 0.397 e. The molecule has 0 amide bonds. The summed E-state index contributed by atoms with van der Waals surface area (Å²) < 4.78 is 26.5. The van der Waals surface area contributed by atoms with Gasteiger partial charge in [0.2, 0.25) is 0 Å². The average molecular weight is 283 g/mol. The minimum atomic E-state index is -3.64. The Morgan fingerprint density at radius 3 is 2.22 bits per heavy atom. The maximum absolute atomic E-state index is 12.1. The van der Waals surface area contributed by atoms with Crippen molar-refractivity contribution in [1.82, 2.24) is 0 Å². The Kier molecular flexibility index (Phi) is 3.45. The zero-order valence-corrected chi connectivity index (χ0v) is 10.9. The van der Waals surface area contributed by atoms with Crippen molar-refractivity contribution in [1.29, 1.82) is 0 Å². The molecule has 3 N–H and O–H groups in total. The van der Waals surface area contributed by atoms with Crippen LogP contribution in [0.4, 0.5) is 11.4 Å². The Hall–Kier alpha value is -1.72. The molecule has 0 fully saturated rings. The van der Waals surface area contributed by atoms with Crippen molar-refractivity contribution in [2.45, 2.75) is 4.90 Å². The summed E-state index contributed by atoms with van der Waals surface area (Å²) in [6.45, 7) is 0. The minimum Gasteiger partial charge on any atom is -0.397 e. The highest BCUT2D eigenvalue weighted by atomic mass is 35.5. The molecule has 18 heavy (non-hydrogen) atoms. The zero-order chi connectivity index (χ0) is 13.2. The molecule has 2 rings (SSSR count). The van der Waals surface area contributed by atoms with E-state index in [1.54, 1.807) is 24.3 Å². The third-order valence-electron chi connectivity index (χ3n) is 2.33. The summed E-state index contributed by atoms with van der Waals surface area (Å²) >= 11 is 5.71. The third kappa shape index (κ3) is 2.75. The van der Waals surface area contributed by atoms with Crippen LogP contribution in [-0.4, -0.2) is 8.42 Å². The number of benzene rings is 2. The zero-order valence-electron chi connectivity index (χ0n) is 9.30. The summed E-state index contributed by atoms with van der Waals surface area (Å²) in [5, 5.41) is 0.480. The highest BCUT2D eigenvalue weighted by Gasteiger charge is 2.14. The summed E-state index contributed by atoms with van der Waals surface area (Å²) in [4.78, 5) is 0.134. The van der Waals surface area contributed by atoms with Crippen LogP contribution in [0.5, 0.6) is 0 Å². The number of nitrogens with one attached hydrogen (secondary N) is 1. The summed E-state index contributed by atoms with van der Waals surface area (Å²) in [5.41, 5.74) is 6.41. The molecule has 0 atom stereocenters. The average Bonchev–Trinajstić information content (AvgIpc) is 2.32. The maximum Gasteiger partial charge on any atom is 0.261 e. The van der Waals surface area contributed by atoms with Crippen LogP contribution in [0.2, 0.25) is 5.02 Å². The van der Waals surface area contributed by atoms with Crippen molar-refractivity contribution in [3.05, 3.63) is 53.6 Å². The van der Waals surface area contributed by atoms with E-state index in [1.165, 1.54) is 24.3 Å². The van der Waals surface area contributed by atoms with Gasteiger partial charge in [0.15, 0.2) is 0 Å². The van der Waals surface area contributed by atoms with E-state index in [1.807, 2.05) is 0 Å². The van der Waals surface area contributed by atoms with Crippen LogP contribution in [-0.2, 0) is 10.0 Å². The predicted octanol–water partition coefficient (Wildman–Crippen LogP) is 2.72. The maximum atomic E-state index is 12.1. The first-order valence-corrected chi connectivity index (χ1v) is 6.98. The van der Waals surface area contributed by atoms with Crippen LogP contribution in [0.3, 0.4) is 0 Å². The van der Waals surface area contributed by atoms with Gasteiger partial charge >= 0.3 is 0 Å². The Bertz CT molecular complexity index is 654. The highest BCUT2D eigenvalue weighted by Crippen LogP contribution is 2.22. The number of rotatable bonds is 3. The fourth-order valence-electron chi connectivity index (χ4n) is 1.41. The molecule has 0 aliphatic heterocycles. The predicted molar refractivity (Wildman–Crippen MR) is 73.1 cm³/mol. The fraction of sp³-hybridized carbons (Fsp3) is 0. The quantitative estimate of drug-likeness (QED) is 0.850. The Labute approximate surface area is 110 Å². The molecule has 0 saturated heterocycles. The number of nitrogen functional groups attached to an aromatic ring is 1. The first kappa shape index (κ1) is 12.7. The van der Waals surface area contributed by atoms with Gasteiger partial charge in [-0.15, -0.1) is 0 Å². The SMILES string of the molecule is Nc1ccccc1NS(=O)(=O)c1ccc(Cl)cc1. The van der Waals surface area contributed by atoms with Crippen molar-refractivity contribution in [2.75, 3.05) is 10.5 Å². The van der Waals surface area contributed by atoms with Gasteiger partial charge in [-0.25, -0.2) is 8.42 Å². The summed E-state index contributed by atoms with van der Waals surface area (Å²) in [7, 11) is -3.64. The van der Waals surface area contributed by atoms with E-state index >= 15 is 0 Å². The molecule has 0 aliphatic carbocycles. The normalized spacial score (nSPS) is 11.2. The van der Waals surface area contributed by atoms with E-state index < -0.39 is 10.0 Å². The molecule has 0 spiro atoms. The Morgan fingerprint density at radius 2 is 1.61 bits per heavy atom. The molecule has 2 aromatic rings. The lowest BCUT2D eigenvalue weighted by atomic mass is 10.3. The van der Waals surface area contributed by atoms with E-state index in [0.29, 0.717) is 16.4 Å². The monoisotopic (exact) mass is 282 g/mol. The van der Waals surface area contributed by atoms with E-state index in [2.05, 4.69) is 4.72 Å². The number of sulfonamides is 1. The summed E-state index contributed by atoms with van der Waals surface area (Å²) in [5.74, 6) is 0. The van der Waals surface area contributed by atoms with Crippen molar-refractivity contribution in [3.8, 4) is 0 Å². The van der Waals surface area contributed by atoms with Gasteiger partial charge in [-0.1, -0.05) is 23.7 Å². The number of hydrogen-bond acceptors (Lipinski definition) is 3. The summed E-state index contributed by atoms with van der Waals surface area (Å²) in [6.07, 6.45) is 0. The molecule has 0 heterocycles. The second kappa shape index (κ2) is 4.88. The first-order chi connectivity index (χ1) is 8.49. The van der Waals surface area contributed by atoms with Gasteiger partial charge in [0.05, 0.1) is 16.3 Å². The molecule has 0 bridgehead atoms. The Balaban J connectivity index is 2.33. The molecule has 0 saturated carbocycles. The smallest absolute Gasteiger partial charge is 0.261 e. The molecule has 6 heteroatoms. The van der Waals surface area contributed by atoms with Gasteiger partial charge in [-0.05, 0) is 36.4 Å². The second-order valence-corrected chi connectivity index (χ2v) is 5.77. The van der Waals surface area contributed by atoms with Gasteiger partial charge in [-0.3, -0.25) is 4.72 Å². The highest BCUT2D eigenvalue weighted by molar-refractivity contribution is 7.92. The van der Waals surface area contributed by atoms with E-state index in [4.69, 9.17) is 17.3 Å². The lowest BCUT2D eigenvalue weighted by Crippen LogP contribution is -2.13. The van der Waals surface area contributed by atoms with Gasteiger partial charge in [-0.2, -0.15) is 0 Å². The van der Waals surface area contributed by atoms with E-state index in [9.17, 15) is 8.42 Å². The second-order valence-electron chi connectivity index (χ2n) is 3.65. The van der Waals surface area contributed by atoms with Gasteiger partial charge in [0.1, 0.15) is 0 Å². The van der Waals surface area contributed by atoms with Crippen molar-refractivity contribution in [3.63, 3.8) is 0 Å². The van der Waals surface area contributed by atoms with Crippen LogP contribution < -0.4 is 10.5 Å². The summed E-state index contributed by atoms with van der Waals surface area (Å²) in [6, 6.07) is 12.6. The van der Waals surface area contributed by atoms with Crippen LogP contribution in [0.15, 0.2) is 53.4 Å². The number of nitrogens with two attached hydrogens (primary N) is 1. The van der Waals surface area contributed by atoms with Crippen LogP contribution >= 0.6 is 11.6 Å². The standard InChI is InChI=1S/C12H11ClN2O2S/c13-9-5-7-10(8-6-9)18(16,17)15-12-4-2-1-3-11(12)14/h1-8,15H,14H2. The van der Waals surface area contributed by atoms with Crippen LogP contribution in [0, 0.1) is 0 Å². The molecule has 0 aromatic heterocycles. The lowest BCUT2D eigenvalue weighted by molar-refractivity contribution is 0.601. The van der Waals surface area contributed by atoms with Gasteiger partial charge < -0.3 is 5.73 Å². The number of halogens is 1. The topological polar surface area (TPSA) is 72.2 Å². The third-order valence-corrected chi connectivity index (χ3v) is 3.96. The molecule has 2 aromatic carbocycles.